The van der Waals surface area contributed by atoms with Crippen molar-refractivity contribution >= 4 is 27.3 Å². The van der Waals surface area contributed by atoms with Crippen LogP contribution in [0.3, 0.4) is 0 Å². The van der Waals surface area contributed by atoms with E-state index in [0.717, 1.165) is 29.1 Å². The number of hydrogen-bond acceptors (Lipinski definition) is 5. The van der Waals surface area contributed by atoms with E-state index in [1.165, 1.54) is 4.88 Å². The average Bonchev–Trinajstić information content (AvgIpc) is 3.33. The van der Waals surface area contributed by atoms with Gasteiger partial charge in [0.25, 0.3) is 0 Å². The summed E-state index contributed by atoms with van der Waals surface area (Å²) in [6.45, 7) is 6.48. The molecule has 3 rings (SSSR count). The lowest BCUT2D eigenvalue weighted by Gasteiger charge is -2.16. The summed E-state index contributed by atoms with van der Waals surface area (Å²) in [5, 5.41) is 7.52. The second kappa shape index (κ2) is 9.02. The molecule has 0 unspecified atom stereocenters. The summed E-state index contributed by atoms with van der Waals surface area (Å²) in [5.41, 5.74) is 2.05. The Morgan fingerprint density at radius 3 is 2.36 bits per heavy atom. The normalized spacial score (nSPS) is 15.8. The van der Waals surface area contributed by atoms with Crippen LogP contribution in [0.15, 0.2) is 34.2 Å². The van der Waals surface area contributed by atoms with Crippen molar-refractivity contribution in [3.63, 3.8) is 0 Å². The van der Waals surface area contributed by atoms with Crippen LogP contribution >= 0.6 is 11.3 Å². The molecular weight excluding hydrogens is 394 g/mol. The van der Waals surface area contributed by atoms with Crippen molar-refractivity contribution in [3.8, 4) is 0 Å². The molecule has 1 aliphatic heterocycles. The molecule has 2 aromatic rings. The van der Waals surface area contributed by atoms with Crippen LogP contribution in [-0.4, -0.2) is 43.8 Å². The minimum absolute atomic E-state index is 0.357. The molecule has 0 saturated carbocycles. The molecule has 9 heteroatoms. The lowest BCUT2D eigenvalue weighted by atomic mass is 10.2. The van der Waals surface area contributed by atoms with Gasteiger partial charge in [0.15, 0.2) is 5.96 Å². The molecule has 1 aromatic heterocycles. The molecule has 1 fully saturated rings. The van der Waals surface area contributed by atoms with Crippen LogP contribution in [0.5, 0.6) is 0 Å². The van der Waals surface area contributed by atoms with Gasteiger partial charge in [-0.15, -0.1) is 11.3 Å². The molecule has 0 aliphatic carbocycles. The zero-order valence-electron chi connectivity index (χ0n) is 16.5. The number of thiazole rings is 1. The highest BCUT2D eigenvalue weighted by Gasteiger charge is 2.26. The Morgan fingerprint density at radius 2 is 1.79 bits per heavy atom. The average molecular weight is 422 g/mol. The molecule has 7 nitrogen and oxygen atoms in total. The third kappa shape index (κ3) is 4.89. The molecule has 0 atom stereocenters. The number of nitrogens with zero attached hydrogens (tertiary/aromatic N) is 3. The monoisotopic (exact) mass is 421 g/mol. The van der Waals surface area contributed by atoms with Gasteiger partial charge >= 0.3 is 0 Å². The fourth-order valence-electron chi connectivity index (χ4n) is 3.04. The predicted octanol–water partition coefficient (Wildman–Crippen LogP) is 2.41. The highest BCUT2D eigenvalue weighted by molar-refractivity contribution is 7.89. The number of aliphatic imine (C=N–C) groups is 1. The number of aryl methyl sites for hydroxylation is 2. The van der Waals surface area contributed by atoms with E-state index in [1.54, 1.807) is 34.8 Å². The fourth-order valence-corrected chi connectivity index (χ4v) is 5.43. The van der Waals surface area contributed by atoms with Crippen LogP contribution in [0.2, 0.25) is 0 Å². The predicted molar refractivity (Wildman–Crippen MR) is 113 cm³/mol. The molecule has 1 saturated heterocycles. The Bertz CT molecular complexity index is 910. The summed E-state index contributed by atoms with van der Waals surface area (Å²) in [4.78, 5) is 10.3. The number of nitrogens with one attached hydrogen (secondary N) is 2. The summed E-state index contributed by atoms with van der Waals surface area (Å²) >= 11 is 1.68. The van der Waals surface area contributed by atoms with Crippen molar-refractivity contribution in [2.24, 2.45) is 4.99 Å². The molecule has 0 spiro atoms. The number of sulfonamides is 1. The highest BCUT2D eigenvalue weighted by Crippen LogP contribution is 2.21. The Hall–Kier alpha value is -1.97. The van der Waals surface area contributed by atoms with E-state index in [9.17, 15) is 8.42 Å². The quantitative estimate of drug-likeness (QED) is 0.553. The molecule has 1 aliphatic rings. The molecule has 2 N–H and O–H groups in total. The lowest BCUT2D eigenvalue weighted by molar-refractivity contribution is 0.477. The minimum Gasteiger partial charge on any atom is -0.352 e. The Morgan fingerprint density at radius 1 is 1.14 bits per heavy atom. The Labute approximate surface area is 171 Å². The molecule has 0 radical (unpaired) electrons. The highest BCUT2D eigenvalue weighted by atomic mass is 32.2. The molecule has 28 heavy (non-hydrogen) atoms. The largest absolute Gasteiger partial charge is 0.352 e. The van der Waals surface area contributed by atoms with Gasteiger partial charge in [-0.05, 0) is 44.4 Å². The van der Waals surface area contributed by atoms with Crippen molar-refractivity contribution in [2.75, 3.05) is 20.1 Å². The lowest BCUT2D eigenvalue weighted by Crippen LogP contribution is -2.36. The summed E-state index contributed by atoms with van der Waals surface area (Å²) < 4.78 is 26.7. The van der Waals surface area contributed by atoms with Crippen molar-refractivity contribution in [2.45, 2.75) is 44.7 Å². The summed E-state index contributed by atoms with van der Waals surface area (Å²) in [6, 6.07) is 7.05. The minimum atomic E-state index is -3.36. The van der Waals surface area contributed by atoms with E-state index in [0.29, 0.717) is 37.0 Å². The van der Waals surface area contributed by atoms with Gasteiger partial charge in [-0.1, -0.05) is 12.1 Å². The third-order valence-electron chi connectivity index (χ3n) is 4.79. The van der Waals surface area contributed by atoms with Gasteiger partial charge in [-0.3, -0.25) is 4.99 Å². The maximum Gasteiger partial charge on any atom is 0.243 e. The van der Waals surface area contributed by atoms with Crippen LogP contribution in [0.1, 0.15) is 34.0 Å². The van der Waals surface area contributed by atoms with Crippen LogP contribution in [0.25, 0.3) is 0 Å². The van der Waals surface area contributed by atoms with E-state index in [4.69, 9.17) is 0 Å². The first-order valence-corrected chi connectivity index (χ1v) is 11.6. The first-order valence-electron chi connectivity index (χ1n) is 9.36. The second-order valence-corrected chi connectivity index (χ2v) is 10.0. The van der Waals surface area contributed by atoms with Crippen molar-refractivity contribution in [1.82, 2.24) is 19.9 Å². The summed E-state index contributed by atoms with van der Waals surface area (Å²) in [6.07, 6.45) is 1.88. The van der Waals surface area contributed by atoms with E-state index in [1.807, 2.05) is 19.1 Å². The zero-order valence-corrected chi connectivity index (χ0v) is 18.2. The topological polar surface area (TPSA) is 86.7 Å². The van der Waals surface area contributed by atoms with Crippen molar-refractivity contribution in [3.05, 3.63) is 45.4 Å². The van der Waals surface area contributed by atoms with Gasteiger partial charge in [-0.2, -0.15) is 4.31 Å². The maximum atomic E-state index is 12.6. The molecule has 2 heterocycles. The fraction of sp³-hybridized carbons (Fsp3) is 0.474. The number of guanidine groups is 1. The van der Waals surface area contributed by atoms with Crippen LogP contribution in [-0.2, 0) is 23.1 Å². The van der Waals surface area contributed by atoms with E-state index in [-0.39, 0.29) is 0 Å². The van der Waals surface area contributed by atoms with Gasteiger partial charge in [0, 0.05) is 31.6 Å². The van der Waals surface area contributed by atoms with Gasteiger partial charge in [0.05, 0.1) is 17.1 Å². The first-order chi connectivity index (χ1) is 13.4. The molecule has 0 amide bonds. The van der Waals surface area contributed by atoms with Crippen LogP contribution in [0.4, 0.5) is 0 Å². The van der Waals surface area contributed by atoms with E-state index in [2.05, 4.69) is 27.5 Å². The number of rotatable bonds is 6. The molecule has 0 bridgehead atoms. The SMILES string of the molecule is CN=C(NCc1ccc(S(=O)(=O)N2CCCC2)cc1)NCc1nc(C)c(C)s1. The van der Waals surface area contributed by atoms with Crippen molar-refractivity contribution in [1.29, 1.82) is 0 Å². The van der Waals surface area contributed by atoms with Crippen LogP contribution in [0, 0.1) is 13.8 Å². The second-order valence-electron chi connectivity index (χ2n) is 6.78. The molecule has 1 aromatic carbocycles. The van der Waals surface area contributed by atoms with Crippen LogP contribution < -0.4 is 10.6 Å². The third-order valence-corrected chi connectivity index (χ3v) is 7.78. The van der Waals surface area contributed by atoms with Gasteiger partial charge in [0.1, 0.15) is 5.01 Å². The number of hydrogen-bond donors (Lipinski definition) is 2. The summed E-state index contributed by atoms with van der Waals surface area (Å²) in [7, 11) is -1.64. The smallest absolute Gasteiger partial charge is 0.243 e. The molecular formula is C19H27N5O2S2. The van der Waals surface area contributed by atoms with Gasteiger partial charge < -0.3 is 10.6 Å². The van der Waals surface area contributed by atoms with Crippen molar-refractivity contribution < 1.29 is 8.42 Å². The first kappa shape index (κ1) is 20.8. The number of aromatic nitrogens is 1. The van der Waals surface area contributed by atoms with E-state index >= 15 is 0 Å². The number of benzene rings is 1. The molecule has 152 valence electrons. The summed E-state index contributed by atoms with van der Waals surface area (Å²) in [5.74, 6) is 0.680. The Kier molecular flexibility index (Phi) is 6.69. The van der Waals surface area contributed by atoms with E-state index < -0.39 is 10.0 Å². The van der Waals surface area contributed by atoms with Gasteiger partial charge in [-0.25, -0.2) is 13.4 Å². The zero-order chi connectivity index (χ0) is 20.1. The van der Waals surface area contributed by atoms with Gasteiger partial charge in [0.2, 0.25) is 10.0 Å². The Balaban J connectivity index is 1.54. The maximum absolute atomic E-state index is 12.6. The standard InChI is InChI=1S/C19H27N5O2S2/c1-14-15(2)27-18(23-14)13-22-19(20-3)21-12-16-6-8-17(9-7-16)28(25,26)24-10-4-5-11-24/h6-9H,4-5,10-13H2,1-3H3,(H2,20,21,22).